The Morgan fingerprint density at radius 3 is 2.51 bits per heavy atom. The van der Waals surface area contributed by atoms with E-state index in [1.165, 1.54) is 4.90 Å². The Bertz CT molecular complexity index is 1280. The van der Waals surface area contributed by atoms with Crippen LogP contribution in [0.4, 0.5) is 11.4 Å². The molecular formula is C28H31N5O4. The van der Waals surface area contributed by atoms with Crippen LogP contribution in [0.1, 0.15) is 49.3 Å². The largest absolute Gasteiger partial charge is 0.336 e. The number of nitrogens with zero attached hydrogens (tertiary/aromatic N) is 2. The van der Waals surface area contributed by atoms with Crippen molar-refractivity contribution < 1.29 is 19.2 Å². The quantitative estimate of drug-likeness (QED) is 0.524. The number of unbranched alkanes of at least 4 members (excludes halogenated alkanes) is 1. The average Bonchev–Trinajstić information content (AvgIpc) is 3.41. The number of rotatable bonds is 6. The molecule has 2 aliphatic rings. The Morgan fingerprint density at radius 2 is 1.84 bits per heavy atom. The van der Waals surface area contributed by atoms with E-state index in [-0.39, 0.29) is 18.9 Å². The van der Waals surface area contributed by atoms with Crippen molar-refractivity contribution in [1.29, 1.82) is 5.26 Å². The van der Waals surface area contributed by atoms with Crippen molar-refractivity contribution >= 4 is 35.0 Å². The first kappa shape index (κ1) is 25.9. The maximum atomic E-state index is 13.7. The molecule has 0 aromatic heterocycles. The van der Waals surface area contributed by atoms with Gasteiger partial charge < -0.3 is 20.9 Å². The second-order valence-electron chi connectivity index (χ2n) is 9.79. The number of likely N-dealkylation sites (tertiary alicyclic amines) is 1. The zero-order valence-electron chi connectivity index (χ0n) is 21.3. The first-order valence-electron chi connectivity index (χ1n) is 12.5. The predicted octanol–water partition coefficient (Wildman–Crippen LogP) is 2.93. The first-order valence-corrected chi connectivity index (χ1v) is 12.5. The molecule has 0 saturated carbocycles. The average molecular weight is 502 g/mol. The van der Waals surface area contributed by atoms with Crippen LogP contribution >= 0.6 is 0 Å². The molecule has 1 spiro atoms. The Balaban J connectivity index is 1.54. The second kappa shape index (κ2) is 10.4. The fourth-order valence-corrected chi connectivity index (χ4v) is 5.26. The molecule has 3 atom stereocenters. The SMILES string of the molecule is CCCC[C@H](NC(=O)C(=O)Nc1c(C)cccc1C)C(=O)N1C[C@]2(C[C@H]1C#N)C(=O)Nc1ccccc12. The number of carbonyl (C=O) groups excluding carboxylic acids is 4. The number of para-hydroxylation sites is 2. The first-order chi connectivity index (χ1) is 17.7. The molecule has 37 heavy (non-hydrogen) atoms. The standard InChI is InChI=1S/C28H31N5O4/c1-4-5-12-22(30-24(34)25(35)32-23-17(2)9-8-10-18(23)3)26(36)33-16-28(14-19(33)15-29)20-11-6-7-13-21(20)31-27(28)37/h6-11,13,19,22H,4-5,12,14,16H2,1-3H3,(H,30,34)(H,31,37)(H,32,35)/t19-,22-,28-/m0/s1. The van der Waals surface area contributed by atoms with Gasteiger partial charge in [-0.05, 0) is 43.0 Å². The summed E-state index contributed by atoms with van der Waals surface area (Å²) in [5, 5.41) is 18.0. The lowest BCUT2D eigenvalue weighted by Gasteiger charge is -2.27. The van der Waals surface area contributed by atoms with Crippen LogP contribution in [0.25, 0.3) is 0 Å². The summed E-state index contributed by atoms with van der Waals surface area (Å²) in [4.78, 5) is 53.7. The number of hydrogen-bond acceptors (Lipinski definition) is 5. The zero-order valence-corrected chi connectivity index (χ0v) is 21.3. The number of anilines is 2. The third-order valence-corrected chi connectivity index (χ3v) is 7.29. The van der Waals surface area contributed by atoms with Gasteiger partial charge in [-0.1, -0.05) is 56.2 Å². The Morgan fingerprint density at radius 1 is 1.14 bits per heavy atom. The fraction of sp³-hybridized carbons (Fsp3) is 0.393. The van der Waals surface area contributed by atoms with Gasteiger partial charge in [0, 0.05) is 24.3 Å². The summed E-state index contributed by atoms with van der Waals surface area (Å²) in [5.74, 6) is -2.51. The summed E-state index contributed by atoms with van der Waals surface area (Å²) in [6, 6.07) is 13.1. The van der Waals surface area contributed by atoms with Gasteiger partial charge in [-0.2, -0.15) is 5.26 Å². The van der Waals surface area contributed by atoms with Crippen LogP contribution in [-0.4, -0.2) is 47.2 Å². The highest BCUT2D eigenvalue weighted by atomic mass is 16.2. The van der Waals surface area contributed by atoms with Crippen LogP contribution in [0.2, 0.25) is 0 Å². The Hall–Kier alpha value is -4.19. The van der Waals surface area contributed by atoms with Gasteiger partial charge >= 0.3 is 11.8 Å². The molecule has 9 nitrogen and oxygen atoms in total. The maximum Gasteiger partial charge on any atom is 0.313 e. The van der Waals surface area contributed by atoms with E-state index in [1.54, 1.807) is 6.07 Å². The molecule has 2 aliphatic heterocycles. The molecule has 2 aromatic rings. The van der Waals surface area contributed by atoms with E-state index in [0.717, 1.165) is 23.1 Å². The van der Waals surface area contributed by atoms with Crippen molar-refractivity contribution in [1.82, 2.24) is 10.2 Å². The lowest BCUT2D eigenvalue weighted by molar-refractivity contribution is -0.140. The monoisotopic (exact) mass is 501 g/mol. The van der Waals surface area contributed by atoms with Gasteiger partial charge in [0.25, 0.3) is 0 Å². The summed E-state index contributed by atoms with van der Waals surface area (Å²) < 4.78 is 0. The van der Waals surface area contributed by atoms with E-state index in [2.05, 4.69) is 22.0 Å². The van der Waals surface area contributed by atoms with Crippen LogP contribution < -0.4 is 16.0 Å². The molecule has 192 valence electrons. The van der Waals surface area contributed by atoms with E-state index in [1.807, 2.05) is 57.2 Å². The Kier molecular flexibility index (Phi) is 7.30. The topological polar surface area (TPSA) is 131 Å². The summed E-state index contributed by atoms with van der Waals surface area (Å²) >= 11 is 0. The van der Waals surface area contributed by atoms with Gasteiger partial charge in [0.15, 0.2) is 0 Å². The number of amides is 4. The molecule has 0 aliphatic carbocycles. The molecule has 0 bridgehead atoms. The smallest absolute Gasteiger partial charge is 0.313 e. The summed E-state index contributed by atoms with van der Waals surface area (Å²) in [6.07, 6.45) is 1.88. The van der Waals surface area contributed by atoms with E-state index in [4.69, 9.17) is 0 Å². The lowest BCUT2D eigenvalue weighted by atomic mass is 9.80. The van der Waals surface area contributed by atoms with Crippen molar-refractivity contribution in [3.05, 3.63) is 59.2 Å². The molecule has 3 N–H and O–H groups in total. The second-order valence-corrected chi connectivity index (χ2v) is 9.79. The molecule has 4 rings (SSSR count). The van der Waals surface area contributed by atoms with Crippen molar-refractivity contribution in [2.45, 2.75) is 64.0 Å². The van der Waals surface area contributed by atoms with Crippen LogP contribution in [0, 0.1) is 25.2 Å². The molecule has 0 unspecified atom stereocenters. The van der Waals surface area contributed by atoms with E-state index in [9.17, 15) is 24.4 Å². The van der Waals surface area contributed by atoms with Gasteiger partial charge in [0.1, 0.15) is 12.1 Å². The zero-order chi connectivity index (χ0) is 26.7. The number of aryl methyl sites for hydroxylation is 2. The van der Waals surface area contributed by atoms with Crippen LogP contribution in [0.5, 0.6) is 0 Å². The van der Waals surface area contributed by atoms with Crippen LogP contribution in [-0.2, 0) is 24.6 Å². The van der Waals surface area contributed by atoms with Crippen molar-refractivity contribution in [2.24, 2.45) is 0 Å². The molecule has 2 heterocycles. The highest BCUT2D eigenvalue weighted by Gasteiger charge is 2.56. The summed E-state index contributed by atoms with van der Waals surface area (Å²) in [5.41, 5.74) is 2.60. The minimum Gasteiger partial charge on any atom is -0.336 e. The predicted molar refractivity (Wildman–Crippen MR) is 138 cm³/mol. The minimum atomic E-state index is -1.02. The molecular weight excluding hydrogens is 470 g/mol. The fourth-order valence-electron chi connectivity index (χ4n) is 5.26. The molecule has 0 radical (unpaired) electrons. The maximum absolute atomic E-state index is 13.7. The number of nitriles is 1. The molecule has 4 amide bonds. The van der Waals surface area contributed by atoms with Crippen LogP contribution in [0.3, 0.4) is 0 Å². The summed E-state index contributed by atoms with van der Waals surface area (Å²) in [7, 11) is 0. The van der Waals surface area contributed by atoms with Gasteiger partial charge in [0.05, 0.1) is 11.5 Å². The number of fused-ring (bicyclic) bond motifs is 2. The van der Waals surface area contributed by atoms with Crippen molar-refractivity contribution in [3.8, 4) is 6.07 Å². The van der Waals surface area contributed by atoms with Gasteiger partial charge in [-0.15, -0.1) is 0 Å². The van der Waals surface area contributed by atoms with Crippen molar-refractivity contribution in [3.63, 3.8) is 0 Å². The van der Waals surface area contributed by atoms with E-state index < -0.39 is 35.2 Å². The molecule has 1 fully saturated rings. The highest BCUT2D eigenvalue weighted by Crippen LogP contribution is 2.46. The lowest BCUT2D eigenvalue weighted by Crippen LogP contribution is -2.52. The third kappa shape index (κ3) is 4.79. The molecule has 2 aromatic carbocycles. The van der Waals surface area contributed by atoms with Gasteiger partial charge in [0.2, 0.25) is 11.8 Å². The van der Waals surface area contributed by atoms with Gasteiger partial charge in [-0.25, -0.2) is 0 Å². The normalized spacial score (nSPS) is 20.6. The van der Waals surface area contributed by atoms with E-state index >= 15 is 0 Å². The van der Waals surface area contributed by atoms with Gasteiger partial charge in [-0.3, -0.25) is 19.2 Å². The Labute approximate surface area is 216 Å². The van der Waals surface area contributed by atoms with E-state index in [0.29, 0.717) is 24.2 Å². The van der Waals surface area contributed by atoms with Crippen molar-refractivity contribution in [2.75, 3.05) is 17.2 Å². The highest BCUT2D eigenvalue weighted by molar-refractivity contribution is 6.40. The number of benzene rings is 2. The molecule has 9 heteroatoms. The summed E-state index contributed by atoms with van der Waals surface area (Å²) in [6.45, 7) is 5.65. The third-order valence-electron chi connectivity index (χ3n) is 7.29. The number of nitrogens with one attached hydrogen (secondary N) is 3. The van der Waals surface area contributed by atoms with Crippen LogP contribution in [0.15, 0.2) is 42.5 Å². The molecule has 1 saturated heterocycles. The number of carbonyl (C=O) groups is 4. The number of hydrogen-bond donors (Lipinski definition) is 3. The minimum absolute atomic E-state index is 0.0278.